The molecule has 132 valence electrons. The van der Waals surface area contributed by atoms with Crippen LogP contribution < -0.4 is 5.32 Å². The number of guanidine groups is 1. The summed E-state index contributed by atoms with van der Waals surface area (Å²) >= 11 is 0. The van der Waals surface area contributed by atoms with Crippen LogP contribution in [0.2, 0.25) is 0 Å². The molecule has 3 rings (SSSR count). The van der Waals surface area contributed by atoms with Gasteiger partial charge in [0.15, 0.2) is 5.96 Å². The van der Waals surface area contributed by atoms with E-state index in [4.69, 9.17) is 4.74 Å². The van der Waals surface area contributed by atoms with Crippen molar-refractivity contribution in [3.05, 3.63) is 35.4 Å². The minimum absolute atomic E-state index is 0.167. The van der Waals surface area contributed by atoms with Crippen LogP contribution in [0.1, 0.15) is 38.3 Å². The summed E-state index contributed by atoms with van der Waals surface area (Å²) in [5, 5.41) is 3.70. The molecule has 1 aromatic rings. The molecule has 24 heavy (non-hydrogen) atoms. The molecule has 0 spiro atoms. The second kappa shape index (κ2) is 6.75. The van der Waals surface area contributed by atoms with Crippen molar-refractivity contribution < 1.29 is 4.74 Å². The Kier molecular flexibility index (Phi) is 4.86. The highest BCUT2D eigenvalue weighted by Gasteiger charge is 2.59. The van der Waals surface area contributed by atoms with Crippen molar-refractivity contribution >= 4 is 5.96 Å². The van der Waals surface area contributed by atoms with E-state index in [-0.39, 0.29) is 5.41 Å². The number of aryl methyl sites for hydroxylation is 1. The molecule has 1 saturated heterocycles. The molecule has 1 N–H and O–H groups in total. The molecule has 2 fully saturated rings. The summed E-state index contributed by atoms with van der Waals surface area (Å²) in [5.74, 6) is 1.59. The number of benzene rings is 1. The van der Waals surface area contributed by atoms with E-state index in [1.54, 1.807) is 0 Å². The molecule has 0 amide bonds. The summed E-state index contributed by atoms with van der Waals surface area (Å²) in [5.41, 5.74) is 2.86. The first kappa shape index (κ1) is 17.3. The second-order valence-electron chi connectivity index (χ2n) is 7.76. The summed E-state index contributed by atoms with van der Waals surface area (Å²) in [7, 11) is 3.98. The Hall–Kier alpha value is -1.55. The number of hydrogen-bond donors (Lipinski definition) is 1. The molecule has 1 heterocycles. The molecule has 3 unspecified atom stereocenters. The van der Waals surface area contributed by atoms with Gasteiger partial charge in [-0.1, -0.05) is 45.0 Å². The van der Waals surface area contributed by atoms with E-state index in [2.05, 4.69) is 67.3 Å². The topological polar surface area (TPSA) is 36.9 Å². The molecular weight excluding hydrogens is 298 g/mol. The van der Waals surface area contributed by atoms with Crippen molar-refractivity contribution in [2.75, 3.05) is 20.7 Å². The van der Waals surface area contributed by atoms with Gasteiger partial charge in [-0.3, -0.25) is 4.99 Å². The first-order valence-electron chi connectivity index (χ1n) is 9.11. The number of ether oxygens (including phenoxy) is 1. The van der Waals surface area contributed by atoms with Gasteiger partial charge in [0.1, 0.15) is 0 Å². The minimum Gasteiger partial charge on any atom is -0.377 e. The highest BCUT2D eigenvalue weighted by atomic mass is 16.5. The molecule has 2 aliphatic rings. The van der Waals surface area contributed by atoms with Gasteiger partial charge in [-0.15, -0.1) is 0 Å². The zero-order chi connectivity index (χ0) is 17.3. The Morgan fingerprint density at radius 3 is 2.58 bits per heavy atom. The third kappa shape index (κ3) is 3.04. The molecular formula is C20H31N3O. The number of fused-ring (bicyclic) bond motifs is 1. The lowest BCUT2D eigenvalue weighted by atomic mass is 9.57. The number of nitrogens with zero attached hydrogens (tertiary/aromatic N) is 2. The van der Waals surface area contributed by atoms with Gasteiger partial charge in [0, 0.05) is 44.6 Å². The molecule has 4 heteroatoms. The molecule has 1 aromatic carbocycles. The van der Waals surface area contributed by atoms with Crippen LogP contribution in [0.5, 0.6) is 0 Å². The molecule has 0 aromatic heterocycles. The van der Waals surface area contributed by atoms with Gasteiger partial charge in [-0.2, -0.15) is 0 Å². The zero-order valence-electron chi connectivity index (χ0n) is 15.7. The standard InChI is InChI=1S/C20H31N3O/c1-6-14-7-9-15(10-8-14)13-23(5)19(21-4)22-17-16-11-12-24-18(16)20(17,2)3/h7-10,16-18H,6,11-13H2,1-5H3,(H,21,22). The van der Waals surface area contributed by atoms with Gasteiger partial charge in [0.05, 0.1) is 6.10 Å². The van der Waals surface area contributed by atoms with Crippen molar-refractivity contribution in [3.8, 4) is 0 Å². The average Bonchev–Trinajstić information content (AvgIpc) is 3.03. The number of aliphatic imine (C=N–C) groups is 1. The Morgan fingerprint density at radius 2 is 1.96 bits per heavy atom. The van der Waals surface area contributed by atoms with Crippen LogP contribution in [0.15, 0.2) is 29.3 Å². The van der Waals surface area contributed by atoms with Crippen LogP contribution in [0, 0.1) is 11.3 Å². The average molecular weight is 329 g/mol. The summed E-state index contributed by atoms with van der Waals surface area (Å²) in [4.78, 5) is 6.72. The highest BCUT2D eigenvalue weighted by Crippen LogP contribution is 2.52. The van der Waals surface area contributed by atoms with Gasteiger partial charge < -0.3 is 15.0 Å². The maximum atomic E-state index is 5.90. The molecule has 1 aliphatic heterocycles. The predicted molar refractivity (Wildman–Crippen MR) is 99.2 cm³/mol. The predicted octanol–water partition coefficient (Wildman–Crippen LogP) is 3.07. The van der Waals surface area contributed by atoms with Gasteiger partial charge >= 0.3 is 0 Å². The molecule has 0 radical (unpaired) electrons. The van der Waals surface area contributed by atoms with Gasteiger partial charge in [0.2, 0.25) is 0 Å². The fourth-order valence-electron chi connectivity index (χ4n) is 4.33. The lowest BCUT2D eigenvalue weighted by molar-refractivity contribution is -0.107. The van der Waals surface area contributed by atoms with Crippen molar-refractivity contribution in [3.63, 3.8) is 0 Å². The maximum absolute atomic E-state index is 5.90. The van der Waals surface area contributed by atoms with Crippen molar-refractivity contribution in [1.29, 1.82) is 0 Å². The molecule has 1 aliphatic carbocycles. The quantitative estimate of drug-likeness (QED) is 0.681. The van der Waals surface area contributed by atoms with Gasteiger partial charge in [-0.05, 0) is 24.0 Å². The zero-order valence-corrected chi connectivity index (χ0v) is 15.7. The van der Waals surface area contributed by atoms with Crippen molar-refractivity contribution in [2.24, 2.45) is 16.3 Å². The number of rotatable bonds is 4. The SMILES string of the molecule is CCc1ccc(CN(C)C(=NC)NC2C3CCOC3C2(C)C)cc1. The summed E-state index contributed by atoms with van der Waals surface area (Å²) in [6, 6.07) is 9.31. The van der Waals surface area contributed by atoms with Gasteiger partial charge in [-0.25, -0.2) is 0 Å². The fourth-order valence-corrected chi connectivity index (χ4v) is 4.33. The first-order chi connectivity index (χ1) is 11.5. The third-order valence-electron chi connectivity index (χ3n) is 5.81. The highest BCUT2D eigenvalue weighted by molar-refractivity contribution is 5.80. The fraction of sp³-hybridized carbons (Fsp3) is 0.650. The van der Waals surface area contributed by atoms with Crippen molar-refractivity contribution in [1.82, 2.24) is 10.2 Å². The van der Waals surface area contributed by atoms with Crippen LogP contribution in [0.4, 0.5) is 0 Å². The molecule has 3 atom stereocenters. The van der Waals surface area contributed by atoms with E-state index in [9.17, 15) is 0 Å². The van der Waals surface area contributed by atoms with Crippen LogP contribution in [-0.2, 0) is 17.7 Å². The number of nitrogens with one attached hydrogen (secondary N) is 1. The lowest BCUT2D eigenvalue weighted by Crippen LogP contribution is -2.67. The van der Waals surface area contributed by atoms with E-state index in [1.807, 2.05) is 7.05 Å². The van der Waals surface area contributed by atoms with Crippen LogP contribution >= 0.6 is 0 Å². The molecule has 1 saturated carbocycles. The lowest BCUT2D eigenvalue weighted by Gasteiger charge is -2.55. The molecule has 4 nitrogen and oxygen atoms in total. The van der Waals surface area contributed by atoms with E-state index in [1.165, 1.54) is 11.1 Å². The van der Waals surface area contributed by atoms with E-state index >= 15 is 0 Å². The summed E-state index contributed by atoms with van der Waals surface area (Å²) < 4.78 is 5.90. The Balaban J connectivity index is 1.63. The second-order valence-corrected chi connectivity index (χ2v) is 7.76. The van der Waals surface area contributed by atoms with Crippen LogP contribution in [0.25, 0.3) is 0 Å². The van der Waals surface area contributed by atoms with Gasteiger partial charge in [0.25, 0.3) is 0 Å². The molecule has 0 bridgehead atoms. The smallest absolute Gasteiger partial charge is 0.193 e. The Morgan fingerprint density at radius 1 is 1.29 bits per heavy atom. The maximum Gasteiger partial charge on any atom is 0.193 e. The third-order valence-corrected chi connectivity index (χ3v) is 5.81. The monoisotopic (exact) mass is 329 g/mol. The van der Waals surface area contributed by atoms with Crippen LogP contribution in [0.3, 0.4) is 0 Å². The largest absolute Gasteiger partial charge is 0.377 e. The summed E-state index contributed by atoms with van der Waals surface area (Å²) in [6.45, 7) is 8.55. The Labute approximate surface area is 146 Å². The number of hydrogen-bond acceptors (Lipinski definition) is 2. The summed E-state index contributed by atoms with van der Waals surface area (Å²) in [6.07, 6.45) is 2.64. The van der Waals surface area contributed by atoms with Crippen molar-refractivity contribution in [2.45, 2.75) is 52.3 Å². The normalized spacial score (nSPS) is 28.2. The van der Waals surface area contributed by atoms with E-state index in [0.29, 0.717) is 18.1 Å². The first-order valence-corrected chi connectivity index (χ1v) is 9.11. The minimum atomic E-state index is 0.167. The Bertz CT molecular complexity index is 593. The van der Waals surface area contributed by atoms with E-state index < -0.39 is 0 Å². The van der Waals surface area contributed by atoms with Crippen LogP contribution in [-0.4, -0.2) is 43.7 Å². The van der Waals surface area contributed by atoms with E-state index in [0.717, 1.165) is 32.0 Å².